The number of aromatic nitrogens is 2. The van der Waals surface area contributed by atoms with Gasteiger partial charge in [-0.1, -0.05) is 0 Å². The van der Waals surface area contributed by atoms with Crippen LogP contribution in [-0.2, 0) is 11.8 Å². The first-order valence-corrected chi connectivity index (χ1v) is 9.35. The Hall–Kier alpha value is -3.33. The number of amides is 1. The summed E-state index contributed by atoms with van der Waals surface area (Å²) in [5.74, 6) is -2.61. The van der Waals surface area contributed by atoms with Gasteiger partial charge in [0.15, 0.2) is 0 Å². The Kier molecular flexibility index (Phi) is 5.45. The average molecular weight is 416 g/mol. The molecule has 0 saturated carbocycles. The minimum absolute atomic E-state index is 0.00371. The van der Waals surface area contributed by atoms with Crippen molar-refractivity contribution in [3.05, 3.63) is 65.6 Å². The van der Waals surface area contributed by atoms with Crippen molar-refractivity contribution in [2.24, 2.45) is 7.05 Å². The summed E-state index contributed by atoms with van der Waals surface area (Å²) < 4.78 is 48.7. The van der Waals surface area contributed by atoms with Crippen LogP contribution in [0.5, 0.6) is 0 Å². The largest absolute Gasteiger partial charge is 0.378 e. The molecule has 0 radical (unpaired) electrons. The topological polar surface area (TPSA) is 59.4 Å². The van der Waals surface area contributed by atoms with Gasteiger partial charge in [0.2, 0.25) is 0 Å². The molecular weight excluding hydrogens is 397 g/mol. The average Bonchev–Trinajstić information content (AvgIpc) is 3.10. The van der Waals surface area contributed by atoms with Crippen LogP contribution in [0.15, 0.2) is 42.6 Å². The lowest BCUT2D eigenvalue weighted by Crippen LogP contribution is -2.36. The van der Waals surface area contributed by atoms with E-state index < -0.39 is 23.4 Å². The number of aryl methyl sites for hydroxylation is 1. The molecule has 1 N–H and O–H groups in total. The van der Waals surface area contributed by atoms with Gasteiger partial charge < -0.3 is 15.0 Å². The van der Waals surface area contributed by atoms with E-state index in [4.69, 9.17) is 4.74 Å². The maximum Gasteiger partial charge on any atom is 0.259 e. The van der Waals surface area contributed by atoms with E-state index in [0.29, 0.717) is 32.0 Å². The van der Waals surface area contributed by atoms with Crippen LogP contribution in [0.4, 0.5) is 24.5 Å². The molecule has 3 aromatic rings. The van der Waals surface area contributed by atoms with E-state index in [1.54, 1.807) is 19.2 Å². The summed E-state index contributed by atoms with van der Waals surface area (Å²) in [6.07, 6.45) is 1.42. The van der Waals surface area contributed by atoms with E-state index in [1.807, 2.05) is 4.90 Å². The van der Waals surface area contributed by atoms with Gasteiger partial charge in [-0.25, -0.2) is 13.2 Å². The molecular formula is C21H19F3N4O2. The standard InChI is InChI=1S/C21H19F3N4O2/c1-27-12-16(20(26-27)15-4-2-13(22)10-17(15)23)21(29)25-14-3-5-19(18(24)11-14)28-6-8-30-9-7-28/h2-5,10-12H,6-9H2,1H3,(H,25,29). The maximum atomic E-state index is 14.6. The molecule has 4 rings (SSSR count). The fourth-order valence-corrected chi connectivity index (χ4v) is 3.38. The van der Waals surface area contributed by atoms with Crippen LogP contribution in [0.25, 0.3) is 11.3 Å². The van der Waals surface area contributed by atoms with Crippen LogP contribution in [0.3, 0.4) is 0 Å². The van der Waals surface area contributed by atoms with Crippen molar-refractivity contribution in [2.75, 3.05) is 36.5 Å². The minimum atomic E-state index is -0.830. The zero-order valence-electron chi connectivity index (χ0n) is 16.2. The number of carbonyl (C=O) groups excluding carboxylic acids is 1. The van der Waals surface area contributed by atoms with Gasteiger partial charge in [0.25, 0.3) is 5.91 Å². The Balaban J connectivity index is 1.58. The Morgan fingerprint density at radius 1 is 1.07 bits per heavy atom. The van der Waals surface area contributed by atoms with E-state index in [1.165, 1.54) is 23.0 Å². The summed E-state index contributed by atoms with van der Waals surface area (Å²) >= 11 is 0. The zero-order chi connectivity index (χ0) is 21.3. The Morgan fingerprint density at radius 3 is 2.53 bits per heavy atom. The Labute approximate surface area is 170 Å². The summed E-state index contributed by atoms with van der Waals surface area (Å²) in [5, 5.41) is 6.74. The number of ether oxygens (including phenoxy) is 1. The van der Waals surface area contributed by atoms with Gasteiger partial charge >= 0.3 is 0 Å². The van der Waals surface area contributed by atoms with Gasteiger partial charge in [0.1, 0.15) is 23.1 Å². The third-order valence-electron chi connectivity index (χ3n) is 4.82. The monoisotopic (exact) mass is 416 g/mol. The molecule has 1 aliphatic heterocycles. The summed E-state index contributed by atoms with van der Waals surface area (Å²) in [5.41, 5.74) is 0.838. The van der Waals surface area contributed by atoms with Crippen LogP contribution in [0, 0.1) is 17.5 Å². The zero-order valence-corrected chi connectivity index (χ0v) is 16.2. The highest BCUT2D eigenvalue weighted by atomic mass is 19.1. The van der Waals surface area contributed by atoms with E-state index in [2.05, 4.69) is 10.4 Å². The number of hydrogen-bond donors (Lipinski definition) is 1. The van der Waals surface area contributed by atoms with Crippen LogP contribution in [-0.4, -0.2) is 42.0 Å². The van der Waals surface area contributed by atoms with Gasteiger partial charge in [-0.2, -0.15) is 5.10 Å². The lowest BCUT2D eigenvalue weighted by Gasteiger charge is -2.29. The molecule has 9 heteroatoms. The Bertz CT molecular complexity index is 1090. The molecule has 0 aliphatic carbocycles. The number of hydrogen-bond acceptors (Lipinski definition) is 4. The molecule has 0 atom stereocenters. The maximum absolute atomic E-state index is 14.6. The number of halogens is 3. The van der Waals surface area contributed by atoms with Gasteiger partial charge in [0.05, 0.1) is 24.5 Å². The summed E-state index contributed by atoms with van der Waals surface area (Å²) in [7, 11) is 1.58. The van der Waals surface area contributed by atoms with Crippen LogP contribution >= 0.6 is 0 Å². The highest BCUT2D eigenvalue weighted by molar-refractivity contribution is 6.08. The van der Waals surface area contributed by atoms with Crippen molar-refractivity contribution in [3.8, 4) is 11.3 Å². The normalized spacial score (nSPS) is 14.1. The second-order valence-corrected chi connectivity index (χ2v) is 6.91. The van der Waals surface area contributed by atoms with Crippen molar-refractivity contribution in [1.82, 2.24) is 9.78 Å². The number of rotatable bonds is 4. The van der Waals surface area contributed by atoms with Crippen molar-refractivity contribution < 1.29 is 22.7 Å². The van der Waals surface area contributed by atoms with Gasteiger partial charge in [0, 0.05) is 43.7 Å². The lowest BCUT2D eigenvalue weighted by atomic mass is 10.1. The van der Waals surface area contributed by atoms with Crippen molar-refractivity contribution in [3.63, 3.8) is 0 Å². The molecule has 2 aromatic carbocycles. The number of nitrogens with one attached hydrogen (secondary N) is 1. The highest BCUT2D eigenvalue weighted by Gasteiger charge is 2.21. The third kappa shape index (κ3) is 4.02. The molecule has 2 heterocycles. The first kappa shape index (κ1) is 20.0. The predicted octanol–water partition coefficient (Wildman–Crippen LogP) is 3.59. The molecule has 1 fully saturated rings. The molecule has 1 aliphatic rings. The van der Waals surface area contributed by atoms with Crippen molar-refractivity contribution in [2.45, 2.75) is 0 Å². The predicted molar refractivity (Wildman–Crippen MR) is 106 cm³/mol. The molecule has 1 aromatic heterocycles. The fourth-order valence-electron chi connectivity index (χ4n) is 3.38. The first-order valence-electron chi connectivity index (χ1n) is 9.35. The van der Waals surface area contributed by atoms with E-state index in [9.17, 15) is 18.0 Å². The SMILES string of the molecule is Cn1cc(C(=O)Nc2ccc(N3CCOCC3)c(F)c2)c(-c2ccc(F)cc2F)n1. The van der Waals surface area contributed by atoms with Gasteiger partial charge in [-0.05, 0) is 30.3 Å². The molecule has 6 nitrogen and oxygen atoms in total. The quantitative estimate of drug-likeness (QED) is 0.706. The minimum Gasteiger partial charge on any atom is -0.378 e. The van der Waals surface area contributed by atoms with Crippen molar-refractivity contribution in [1.29, 1.82) is 0 Å². The molecule has 0 unspecified atom stereocenters. The van der Waals surface area contributed by atoms with E-state index >= 15 is 0 Å². The molecule has 30 heavy (non-hydrogen) atoms. The van der Waals surface area contributed by atoms with Gasteiger partial charge in [-0.3, -0.25) is 9.48 Å². The molecule has 0 bridgehead atoms. The number of anilines is 2. The molecule has 1 amide bonds. The van der Waals surface area contributed by atoms with Crippen LogP contribution in [0.2, 0.25) is 0 Å². The summed E-state index contributed by atoms with van der Waals surface area (Å²) in [6, 6.07) is 7.47. The third-order valence-corrected chi connectivity index (χ3v) is 4.82. The number of carbonyl (C=O) groups is 1. The van der Waals surface area contributed by atoms with Crippen molar-refractivity contribution >= 4 is 17.3 Å². The van der Waals surface area contributed by atoms with E-state index in [0.717, 1.165) is 12.1 Å². The van der Waals surface area contributed by atoms with E-state index in [-0.39, 0.29) is 22.5 Å². The Morgan fingerprint density at radius 2 is 1.83 bits per heavy atom. The first-order chi connectivity index (χ1) is 14.4. The second-order valence-electron chi connectivity index (χ2n) is 6.91. The van der Waals surface area contributed by atoms with Crippen LogP contribution in [0.1, 0.15) is 10.4 Å². The number of morpholine rings is 1. The smallest absolute Gasteiger partial charge is 0.259 e. The summed E-state index contributed by atoms with van der Waals surface area (Å²) in [6.45, 7) is 2.24. The number of benzene rings is 2. The summed E-state index contributed by atoms with van der Waals surface area (Å²) in [4.78, 5) is 14.7. The van der Waals surface area contributed by atoms with Gasteiger partial charge in [-0.15, -0.1) is 0 Å². The second kappa shape index (κ2) is 8.19. The molecule has 0 spiro atoms. The van der Waals surface area contributed by atoms with Crippen LogP contribution < -0.4 is 10.2 Å². The number of nitrogens with zero attached hydrogens (tertiary/aromatic N) is 3. The fraction of sp³-hybridized carbons (Fsp3) is 0.238. The lowest BCUT2D eigenvalue weighted by molar-refractivity contribution is 0.102. The molecule has 1 saturated heterocycles. The molecule has 156 valence electrons. The highest BCUT2D eigenvalue weighted by Crippen LogP contribution is 2.27.